The molecule has 16 heavy (non-hydrogen) atoms. The van der Waals surface area contributed by atoms with Crippen LogP contribution in [0.5, 0.6) is 0 Å². The fourth-order valence-electron chi connectivity index (χ4n) is 2.50. The van der Waals surface area contributed by atoms with Gasteiger partial charge in [0.15, 0.2) is 5.60 Å². The summed E-state index contributed by atoms with van der Waals surface area (Å²) in [5, 5.41) is 19.6. The van der Waals surface area contributed by atoms with Crippen LogP contribution < -0.4 is 0 Å². The zero-order valence-electron chi connectivity index (χ0n) is 10.5. The average molecular weight is 230 g/mol. The Hall–Kier alpha value is -0.610. The molecule has 0 bridgehead atoms. The highest BCUT2D eigenvalue weighted by Crippen LogP contribution is 2.39. The van der Waals surface area contributed by atoms with Crippen molar-refractivity contribution < 1.29 is 19.7 Å². The molecular weight excluding hydrogens is 208 g/mol. The molecule has 1 rings (SSSR count). The van der Waals surface area contributed by atoms with Crippen molar-refractivity contribution in [1.29, 1.82) is 0 Å². The highest BCUT2D eigenvalue weighted by molar-refractivity contribution is 5.78. The molecule has 1 saturated heterocycles. The fourth-order valence-corrected chi connectivity index (χ4v) is 2.50. The van der Waals surface area contributed by atoms with Gasteiger partial charge < -0.3 is 14.9 Å². The van der Waals surface area contributed by atoms with Crippen LogP contribution in [0.3, 0.4) is 0 Å². The summed E-state index contributed by atoms with van der Waals surface area (Å²) in [5.41, 5.74) is -1.98. The van der Waals surface area contributed by atoms with Crippen LogP contribution in [0, 0.1) is 11.8 Å². The van der Waals surface area contributed by atoms with Crippen LogP contribution >= 0.6 is 0 Å². The second-order valence-electron chi connectivity index (χ2n) is 5.58. The molecule has 0 radical (unpaired) electrons. The van der Waals surface area contributed by atoms with Gasteiger partial charge in [-0.1, -0.05) is 13.8 Å². The number of aliphatic carboxylic acids is 1. The normalized spacial score (nSPS) is 28.8. The highest BCUT2D eigenvalue weighted by Gasteiger charge is 2.49. The lowest BCUT2D eigenvalue weighted by Crippen LogP contribution is -2.54. The minimum absolute atomic E-state index is 0.242. The first-order valence-electron chi connectivity index (χ1n) is 5.80. The van der Waals surface area contributed by atoms with E-state index in [0.717, 1.165) is 0 Å². The van der Waals surface area contributed by atoms with E-state index in [0.29, 0.717) is 19.4 Å². The summed E-state index contributed by atoms with van der Waals surface area (Å²) < 4.78 is 5.55. The third-order valence-electron chi connectivity index (χ3n) is 3.54. The number of hydrogen-bond acceptors (Lipinski definition) is 3. The minimum Gasteiger partial charge on any atom is -0.479 e. The van der Waals surface area contributed by atoms with Crippen LogP contribution in [0.2, 0.25) is 0 Å². The Morgan fingerprint density at radius 1 is 1.50 bits per heavy atom. The number of carboxylic acid groups (broad SMARTS) is 1. The van der Waals surface area contributed by atoms with Gasteiger partial charge in [-0.3, -0.25) is 0 Å². The second kappa shape index (κ2) is 4.34. The second-order valence-corrected chi connectivity index (χ2v) is 5.58. The first-order chi connectivity index (χ1) is 7.20. The van der Waals surface area contributed by atoms with Gasteiger partial charge >= 0.3 is 5.97 Å². The Bertz CT molecular complexity index is 272. The van der Waals surface area contributed by atoms with Gasteiger partial charge in [0.05, 0.1) is 5.60 Å². The van der Waals surface area contributed by atoms with Crippen LogP contribution in [0.1, 0.15) is 40.5 Å². The maximum Gasteiger partial charge on any atom is 0.336 e. The smallest absolute Gasteiger partial charge is 0.336 e. The quantitative estimate of drug-likeness (QED) is 0.774. The highest BCUT2D eigenvalue weighted by atomic mass is 16.5. The SMILES string of the molecule is CC(C)C(O)(C(=O)O)C1CCOC(C)(C)C1. The summed E-state index contributed by atoms with van der Waals surface area (Å²) in [6.45, 7) is 7.87. The molecule has 1 aliphatic heterocycles. The first-order valence-corrected chi connectivity index (χ1v) is 5.80. The van der Waals surface area contributed by atoms with Crippen molar-refractivity contribution in [1.82, 2.24) is 0 Å². The van der Waals surface area contributed by atoms with E-state index < -0.39 is 11.6 Å². The Labute approximate surface area is 96.6 Å². The molecule has 1 heterocycles. The van der Waals surface area contributed by atoms with Crippen LogP contribution in [0.4, 0.5) is 0 Å². The standard InChI is InChI=1S/C12H22O4/c1-8(2)12(15,10(13)14)9-5-6-16-11(3,4)7-9/h8-9,15H,5-7H2,1-4H3,(H,13,14). The van der Waals surface area contributed by atoms with Gasteiger partial charge in [0.2, 0.25) is 0 Å². The molecule has 1 aliphatic rings. The van der Waals surface area contributed by atoms with Gasteiger partial charge in [-0.05, 0) is 32.6 Å². The summed E-state index contributed by atoms with van der Waals surface area (Å²) in [5.74, 6) is -1.66. The molecule has 2 unspecified atom stereocenters. The molecular formula is C12H22O4. The van der Waals surface area contributed by atoms with Gasteiger partial charge in [-0.15, -0.1) is 0 Å². The van der Waals surface area contributed by atoms with Crippen molar-refractivity contribution in [2.45, 2.75) is 51.7 Å². The molecule has 2 atom stereocenters. The van der Waals surface area contributed by atoms with Gasteiger partial charge in [-0.2, -0.15) is 0 Å². The molecule has 94 valence electrons. The van der Waals surface area contributed by atoms with Crippen LogP contribution in [-0.2, 0) is 9.53 Å². The van der Waals surface area contributed by atoms with Crippen LogP contribution in [-0.4, -0.2) is 34.0 Å². The van der Waals surface area contributed by atoms with Crippen molar-refractivity contribution in [2.75, 3.05) is 6.61 Å². The van der Waals surface area contributed by atoms with E-state index in [2.05, 4.69) is 0 Å². The zero-order valence-corrected chi connectivity index (χ0v) is 10.5. The summed E-state index contributed by atoms with van der Waals surface area (Å²) >= 11 is 0. The molecule has 0 aromatic heterocycles. The van der Waals surface area contributed by atoms with Crippen molar-refractivity contribution >= 4 is 5.97 Å². The lowest BCUT2D eigenvalue weighted by atomic mass is 9.71. The van der Waals surface area contributed by atoms with Gasteiger partial charge in [0.1, 0.15) is 0 Å². The van der Waals surface area contributed by atoms with Gasteiger partial charge in [-0.25, -0.2) is 4.79 Å². The largest absolute Gasteiger partial charge is 0.479 e. The number of rotatable bonds is 3. The van der Waals surface area contributed by atoms with Crippen molar-refractivity contribution in [3.05, 3.63) is 0 Å². The maximum absolute atomic E-state index is 11.3. The summed E-state index contributed by atoms with van der Waals surface area (Å²) in [7, 11) is 0. The third-order valence-corrected chi connectivity index (χ3v) is 3.54. The predicted octanol–water partition coefficient (Wildman–Crippen LogP) is 1.66. The van der Waals surface area contributed by atoms with Crippen LogP contribution in [0.25, 0.3) is 0 Å². The Balaban J connectivity index is 2.92. The van der Waals surface area contributed by atoms with E-state index in [1.54, 1.807) is 13.8 Å². The molecule has 4 heteroatoms. The van der Waals surface area contributed by atoms with Crippen molar-refractivity contribution in [3.8, 4) is 0 Å². The molecule has 0 spiro atoms. The number of ether oxygens (including phenoxy) is 1. The fraction of sp³-hybridized carbons (Fsp3) is 0.917. The van der Waals surface area contributed by atoms with Crippen LogP contribution in [0.15, 0.2) is 0 Å². The summed E-state index contributed by atoms with van der Waals surface area (Å²) in [4.78, 5) is 11.3. The van der Waals surface area contributed by atoms with E-state index in [-0.39, 0.29) is 17.4 Å². The Morgan fingerprint density at radius 3 is 2.44 bits per heavy atom. The molecule has 0 aromatic rings. The lowest BCUT2D eigenvalue weighted by Gasteiger charge is -2.43. The van der Waals surface area contributed by atoms with E-state index in [1.807, 2.05) is 13.8 Å². The van der Waals surface area contributed by atoms with Gasteiger partial charge in [0.25, 0.3) is 0 Å². The monoisotopic (exact) mass is 230 g/mol. The molecule has 0 amide bonds. The number of carboxylic acids is 1. The lowest BCUT2D eigenvalue weighted by molar-refractivity contribution is -0.185. The zero-order chi connectivity index (χ0) is 12.6. The Kier molecular flexibility index (Phi) is 3.65. The Morgan fingerprint density at radius 2 is 2.06 bits per heavy atom. The molecule has 4 nitrogen and oxygen atoms in total. The minimum atomic E-state index is -1.64. The summed E-state index contributed by atoms with van der Waals surface area (Å²) in [6.07, 6.45) is 1.18. The number of hydrogen-bond donors (Lipinski definition) is 2. The molecule has 1 fully saturated rings. The predicted molar refractivity (Wildman–Crippen MR) is 60.2 cm³/mol. The van der Waals surface area contributed by atoms with E-state index in [9.17, 15) is 15.0 Å². The molecule has 2 N–H and O–H groups in total. The number of carbonyl (C=O) groups is 1. The summed E-state index contributed by atoms with van der Waals surface area (Å²) in [6, 6.07) is 0. The molecule has 0 aliphatic carbocycles. The van der Waals surface area contributed by atoms with Crippen molar-refractivity contribution in [2.24, 2.45) is 11.8 Å². The number of aliphatic hydroxyl groups is 1. The third kappa shape index (κ3) is 2.38. The molecule has 0 saturated carbocycles. The van der Waals surface area contributed by atoms with Crippen molar-refractivity contribution in [3.63, 3.8) is 0 Å². The maximum atomic E-state index is 11.3. The average Bonchev–Trinajstić information content (AvgIpc) is 2.14. The van der Waals surface area contributed by atoms with E-state index >= 15 is 0 Å². The van der Waals surface area contributed by atoms with Gasteiger partial charge in [0, 0.05) is 12.5 Å². The first kappa shape index (κ1) is 13.5. The van der Waals surface area contributed by atoms with E-state index in [4.69, 9.17) is 4.74 Å². The topological polar surface area (TPSA) is 66.8 Å². The molecule has 0 aromatic carbocycles. The van der Waals surface area contributed by atoms with E-state index in [1.165, 1.54) is 0 Å².